The van der Waals surface area contributed by atoms with Gasteiger partial charge < -0.3 is 4.43 Å². The van der Waals surface area contributed by atoms with Crippen LogP contribution in [0.25, 0.3) is 0 Å². The van der Waals surface area contributed by atoms with E-state index in [9.17, 15) is 4.79 Å². The lowest BCUT2D eigenvalue weighted by atomic mass is 9.89. The lowest BCUT2D eigenvalue weighted by Crippen LogP contribution is -2.53. The third-order valence-electron chi connectivity index (χ3n) is 4.13. The minimum Gasteiger partial charge on any atom is -0.407 e. The van der Waals surface area contributed by atoms with Crippen LogP contribution in [-0.4, -0.2) is 19.7 Å². The van der Waals surface area contributed by atoms with Gasteiger partial charge in [-0.15, -0.1) is 0 Å². The summed E-state index contributed by atoms with van der Waals surface area (Å²) < 4.78 is 6.48. The van der Waals surface area contributed by atoms with E-state index in [0.717, 1.165) is 19.3 Å². The van der Waals surface area contributed by atoms with E-state index in [1.54, 1.807) is 0 Å². The Bertz CT molecular complexity index is 451. The number of ketones is 1. The molecule has 104 valence electrons. The molecule has 0 aliphatic heterocycles. The Morgan fingerprint density at radius 3 is 2.37 bits per heavy atom. The van der Waals surface area contributed by atoms with Gasteiger partial charge in [-0.05, 0) is 45.0 Å². The molecule has 0 heterocycles. The first-order chi connectivity index (χ1) is 8.83. The molecule has 0 aromatic heterocycles. The van der Waals surface area contributed by atoms with Crippen molar-refractivity contribution >= 4 is 19.3 Å². The van der Waals surface area contributed by atoms with Crippen LogP contribution in [0.3, 0.4) is 0 Å². The van der Waals surface area contributed by atoms with E-state index in [1.807, 2.05) is 6.07 Å². The van der Waals surface area contributed by atoms with Crippen LogP contribution in [0.15, 0.2) is 30.3 Å². The van der Waals surface area contributed by atoms with Crippen molar-refractivity contribution in [1.29, 1.82) is 0 Å². The summed E-state index contributed by atoms with van der Waals surface area (Å²) in [5.41, 5.74) is -0.348. The molecule has 2 nitrogen and oxygen atoms in total. The molecule has 0 spiro atoms. The van der Waals surface area contributed by atoms with Gasteiger partial charge in [-0.3, -0.25) is 4.79 Å². The zero-order chi connectivity index (χ0) is 14.1. The molecule has 3 heteroatoms. The van der Waals surface area contributed by atoms with Gasteiger partial charge in [0.2, 0.25) is 8.32 Å². The van der Waals surface area contributed by atoms with E-state index < -0.39 is 8.32 Å². The van der Waals surface area contributed by atoms with Crippen molar-refractivity contribution in [2.75, 3.05) is 0 Å². The minimum atomic E-state index is -1.96. The topological polar surface area (TPSA) is 26.3 Å². The van der Waals surface area contributed by atoms with E-state index in [4.69, 9.17) is 4.43 Å². The van der Waals surface area contributed by atoms with E-state index in [1.165, 1.54) is 5.19 Å². The Labute approximate surface area is 117 Å². The molecule has 0 bridgehead atoms. The summed E-state index contributed by atoms with van der Waals surface area (Å²) in [7, 11) is -1.96. The number of carbonyl (C=O) groups excluding carboxylic acids is 1. The van der Waals surface area contributed by atoms with Crippen LogP contribution in [0.1, 0.15) is 33.1 Å². The molecule has 0 saturated heterocycles. The molecule has 2 rings (SSSR count). The molecule has 0 amide bonds. The molecule has 1 aromatic carbocycles. The highest BCUT2D eigenvalue weighted by Gasteiger charge is 2.42. The largest absolute Gasteiger partial charge is 0.407 e. The predicted molar refractivity (Wildman–Crippen MR) is 81.1 cm³/mol. The van der Waals surface area contributed by atoms with Gasteiger partial charge in [0.15, 0.2) is 0 Å². The predicted octanol–water partition coefficient (Wildman–Crippen LogP) is 3.26. The highest BCUT2D eigenvalue weighted by molar-refractivity contribution is 6.84. The van der Waals surface area contributed by atoms with Gasteiger partial charge in [-0.1, -0.05) is 30.3 Å². The lowest BCUT2D eigenvalue weighted by Gasteiger charge is -2.38. The maximum atomic E-state index is 12.0. The first kappa shape index (κ1) is 14.5. The molecular formula is C16H24O2Si. The van der Waals surface area contributed by atoms with Crippen molar-refractivity contribution in [2.24, 2.45) is 5.92 Å². The van der Waals surface area contributed by atoms with Gasteiger partial charge in [0.05, 0.1) is 5.60 Å². The van der Waals surface area contributed by atoms with E-state index in [2.05, 4.69) is 51.2 Å². The fraction of sp³-hybridized carbons (Fsp3) is 0.562. The first-order valence-electron chi connectivity index (χ1n) is 7.11. The normalized spacial score (nSPS) is 20.8. The van der Waals surface area contributed by atoms with Crippen molar-refractivity contribution in [3.8, 4) is 0 Å². The Morgan fingerprint density at radius 2 is 1.84 bits per heavy atom. The average molecular weight is 276 g/mol. The Hall–Kier alpha value is -0.933. The zero-order valence-corrected chi connectivity index (χ0v) is 13.4. The van der Waals surface area contributed by atoms with Gasteiger partial charge in [0, 0.05) is 12.3 Å². The fourth-order valence-corrected chi connectivity index (χ4v) is 5.75. The van der Waals surface area contributed by atoms with Crippen LogP contribution in [0, 0.1) is 5.92 Å². The van der Waals surface area contributed by atoms with Crippen LogP contribution in [0.4, 0.5) is 0 Å². The molecule has 0 radical (unpaired) electrons. The van der Waals surface area contributed by atoms with Gasteiger partial charge in [-0.25, -0.2) is 0 Å². The maximum Gasteiger partial charge on any atom is 0.218 e. The fourth-order valence-electron chi connectivity index (χ4n) is 3.18. The summed E-state index contributed by atoms with van der Waals surface area (Å²) in [4.78, 5) is 12.0. The molecule has 1 aliphatic rings. The van der Waals surface area contributed by atoms with Gasteiger partial charge in [0.25, 0.3) is 0 Å². The van der Waals surface area contributed by atoms with Crippen molar-refractivity contribution < 1.29 is 9.22 Å². The Morgan fingerprint density at radius 1 is 1.21 bits per heavy atom. The molecule has 1 aliphatic carbocycles. The number of benzene rings is 1. The molecule has 0 N–H and O–H groups in total. The van der Waals surface area contributed by atoms with E-state index >= 15 is 0 Å². The second-order valence-electron chi connectivity index (χ2n) is 6.49. The van der Waals surface area contributed by atoms with E-state index in [-0.39, 0.29) is 11.5 Å². The van der Waals surface area contributed by atoms with Crippen LogP contribution in [-0.2, 0) is 9.22 Å². The summed E-state index contributed by atoms with van der Waals surface area (Å²) >= 11 is 0. The summed E-state index contributed by atoms with van der Waals surface area (Å²) in [6.07, 6.45) is 2.72. The molecule has 19 heavy (non-hydrogen) atoms. The Kier molecular flexibility index (Phi) is 3.97. The van der Waals surface area contributed by atoms with Crippen LogP contribution >= 0.6 is 0 Å². The van der Waals surface area contributed by atoms with Crippen molar-refractivity contribution in [2.45, 2.75) is 51.8 Å². The number of Topliss-reactive ketones (excluding diaryl/α,β-unsaturated/α-hetero) is 1. The Balaban J connectivity index is 2.17. The summed E-state index contributed by atoms with van der Waals surface area (Å²) in [6, 6.07) is 10.4. The quantitative estimate of drug-likeness (QED) is 0.789. The lowest BCUT2D eigenvalue weighted by molar-refractivity contribution is -0.126. The second-order valence-corrected chi connectivity index (χ2v) is 10.3. The van der Waals surface area contributed by atoms with E-state index in [0.29, 0.717) is 5.78 Å². The van der Waals surface area contributed by atoms with Crippen LogP contribution < -0.4 is 5.19 Å². The third kappa shape index (κ3) is 3.15. The number of rotatable bonds is 4. The molecule has 1 aromatic rings. The number of hydrogen-bond donors (Lipinski definition) is 0. The number of carbonyl (C=O) groups is 1. The highest BCUT2D eigenvalue weighted by Crippen LogP contribution is 2.35. The van der Waals surface area contributed by atoms with Crippen molar-refractivity contribution in [1.82, 2.24) is 0 Å². The third-order valence-corrected chi connectivity index (χ3v) is 6.89. The molecule has 1 atom stereocenters. The molecule has 1 fully saturated rings. The minimum absolute atomic E-state index is 0.0722. The smallest absolute Gasteiger partial charge is 0.218 e. The van der Waals surface area contributed by atoms with Crippen LogP contribution in [0.5, 0.6) is 0 Å². The maximum absolute atomic E-state index is 12.0. The SMILES string of the molecule is CC(C)(O[Si](C)(C)c1ccccc1)C1CCCC1=O. The molecular weight excluding hydrogens is 252 g/mol. The average Bonchev–Trinajstić information content (AvgIpc) is 2.76. The van der Waals surface area contributed by atoms with Crippen LogP contribution in [0.2, 0.25) is 13.1 Å². The van der Waals surface area contributed by atoms with Gasteiger partial charge in [0.1, 0.15) is 5.78 Å². The number of hydrogen-bond acceptors (Lipinski definition) is 2. The first-order valence-corrected chi connectivity index (χ1v) is 10.0. The molecule has 1 unspecified atom stereocenters. The summed E-state index contributed by atoms with van der Waals surface area (Å²) in [5.74, 6) is 0.450. The highest BCUT2D eigenvalue weighted by atomic mass is 28.4. The molecule has 1 saturated carbocycles. The second kappa shape index (κ2) is 5.21. The monoisotopic (exact) mass is 276 g/mol. The zero-order valence-electron chi connectivity index (χ0n) is 12.4. The standard InChI is InChI=1S/C16H24O2Si/c1-16(2,14-11-8-12-15(14)17)18-19(3,4)13-9-6-5-7-10-13/h5-7,9-10,14H,8,11-12H2,1-4H3. The summed E-state index contributed by atoms with van der Waals surface area (Å²) in [6.45, 7) is 8.59. The van der Waals surface area contributed by atoms with Gasteiger partial charge >= 0.3 is 0 Å². The summed E-state index contributed by atoms with van der Waals surface area (Å²) in [5, 5.41) is 1.29. The van der Waals surface area contributed by atoms with Crippen molar-refractivity contribution in [3.05, 3.63) is 30.3 Å². The van der Waals surface area contributed by atoms with Crippen molar-refractivity contribution in [3.63, 3.8) is 0 Å². The van der Waals surface area contributed by atoms with Gasteiger partial charge in [-0.2, -0.15) is 0 Å².